The summed E-state index contributed by atoms with van der Waals surface area (Å²) < 4.78 is 26.9. The topological polar surface area (TPSA) is 86.8 Å². The van der Waals surface area contributed by atoms with Gasteiger partial charge in [0.2, 0.25) is 21.8 Å². The molecule has 0 fully saturated rings. The molecule has 0 spiro atoms. The van der Waals surface area contributed by atoms with Crippen molar-refractivity contribution >= 4 is 27.5 Å². The first-order valence-corrected chi connectivity index (χ1v) is 16.5. The zero-order chi connectivity index (χ0) is 30.9. The molecule has 3 aromatic rings. The first-order chi connectivity index (χ1) is 19.9. The lowest BCUT2D eigenvalue weighted by molar-refractivity contribution is -0.141. The molecule has 2 amide bonds. The summed E-state index contributed by atoms with van der Waals surface area (Å²) in [7, 11) is -3.57. The fourth-order valence-electron chi connectivity index (χ4n) is 4.86. The van der Waals surface area contributed by atoms with Gasteiger partial charge in [0.25, 0.3) is 0 Å². The van der Waals surface area contributed by atoms with Crippen LogP contribution in [0.1, 0.15) is 60.9 Å². The number of hydrogen-bond acceptors (Lipinski definition) is 4. The molecule has 0 bridgehead atoms. The number of anilines is 1. The maximum atomic E-state index is 14.0. The van der Waals surface area contributed by atoms with Gasteiger partial charge in [0.15, 0.2) is 0 Å². The largest absolute Gasteiger partial charge is 0.352 e. The predicted octanol–water partition coefficient (Wildman–Crippen LogP) is 5.71. The molecule has 0 aliphatic heterocycles. The van der Waals surface area contributed by atoms with Crippen molar-refractivity contribution in [1.82, 2.24) is 10.2 Å². The molecular formula is C34H45N3O4S. The van der Waals surface area contributed by atoms with Crippen molar-refractivity contribution in [3.8, 4) is 0 Å². The van der Waals surface area contributed by atoms with Crippen LogP contribution in [0.2, 0.25) is 0 Å². The van der Waals surface area contributed by atoms with Gasteiger partial charge in [-0.05, 0) is 68.9 Å². The summed E-state index contributed by atoms with van der Waals surface area (Å²) in [6, 6.07) is 22.6. The van der Waals surface area contributed by atoms with E-state index in [0.717, 1.165) is 34.2 Å². The van der Waals surface area contributed by atoms with Gasteiger partial charge >= 0.3 is 0 Å². The lowest BCUT2D eigenvalue weighted by atomic mass is 10.0. The van der Waals surface area contributed by atoms with Crippen LogP contribution in [0, 0.1) is 20.8 Å². The summed E-state index contributed by atoms with van der Waals surface area (Å²) in [5, 5.41) is 3.09. The van der Waals surface area contributed by atoms with Gasteiger partial charge in [-0.2, -0.15) is 0 Å². The van der Waals surface area contributed by atoms with Crippen LogP contribution in [0.15, 0.2) is 72.8 Å². The molecule has 0 heterocycles. The van der Waals surface area contributed by atoms with E-state index in [0.29, 0.717) is 18.5 Å². The first kappa shape index (κ1) is 32.9. The van der Waals surface area contributed by atoms with E-state index in [4.69, 9.17) is 0 Å². The van der Waals surface area contributed by atoms with Crippen LogP contribution in [0.4, 0.5) is 5.69 Å². The number of carbonyl (C=O) groups excluding carboxylic acids is 2. The molecule has 0 aromatic heterocycles. The predicted molar refractivity (Wildman–Crippen MR) is 171 cm³/mol. The highest BCUT2D eigenvalue weighted by atomic mass is 32.2. The van der Waals surface area contributed by atoms with Gasteiger partial charge in [-0.1, -0.05) is 79.2 Å². The van der Waals surface area contributed by atoms with Crippen molar-refractivity contribution in [2.24, 2.45) is 0 Å². The Labute approximate surface area is 252 Å². The molecule has 0 aliphatic rings. The summed E-state index contributed by atoms with van der Waals surface area (Å²) >= 11 is 0. The van der Waals surface area contributed by atoms with Crippen LogP contribution in [0.3, 0.4) is 0 Å². The highest BCUT2D eigenvalue weighted by Crippen LogP contribution is 2.25. The lowest BCUT2D eigenvalue weighted by Gasteiger charge is -2.33. The minimum absolute atomic E-state index is 0.0343. The Hall–Kier alpha value is -3.65. The fourth-order valence-corrected chi connectivity index (χ4v) is 5.87. The molecule has 7 nitrogen and oxygen atoms in total. The minimum atomic E-state index is -3.57. The molecule has 2 atom stereocenters. The van der Waals surface area contributed by atoms with E-state index >= 15 is 0 Å². The van der Waals surface area contributed by atoms with Gasteiger partial charge in [-0.25, -0.2) is 8.42 Å². The second-order valence-corrected chi connectivity index (χ2v) is 13.2. The summed E-state index contributed by atoms with van der Waals surface area (Å²) in [5.74, 6) is -0.382. The Balaban J connectivity index is 1.90. The van der Waals surface area contributed by atoms with E-state index in [-0.39, 0.29) is 37.4 Å². The van der Waals surface area contributed by atoms with Gasteiger partial charge in [0, 0.05) is 32.0 Å². The smallest absolute Gasteiger partial charge is 0.243 e. The Morgan fingerprint density at radius 3 is 2.14 bits per heavy atom. The number of aryl methyl sites for hydroxylation is 3. The number of sulfonamides is 1. The molecule has 0 saturated heterocycles. The monoisotopic (exact) mass is 591 g/mol. The third kappa shape index (κ3) is 9.44. The summed E-state index contributed by atoms with van der Waals surface area (Å²) in [5.41, 5.74) is 5.43. The Morgan fingerprint density at radius 1 is 0.881 bits per heavy atom. The number of nitrogens with zero attached hydrogens (tertiary/aromatic N) is 2. The van der Waals surface area contributed by atoms with E-state index in [9.17, 15) is 18.0 Å². The van der Waals surface area contributed by atoms with Crippen LogP contribution in [0.5, 0.6) is 0 Å². The maximum absolute atomic E-state index is 14.0. The van der Waals surface area contributed by atoms with Crippen LogP contribution >= 0.6 is 0 Å². The maximum Gasteiger partial charge on any atom is 0.243 e. The number of benzene rings is 3. The van der Waals surface area contributed by atoms with Crippen molar-refractivity contribution in [2.75, 3.05) is 17.1 Å². The first-order valence-electron chi connectivity index (χ1n) is 14.6. The van der Waals surface area contributed by atoms with E-state index in [1.807, 2.05) is 107 Å². The Kier molecular flexibility index (Phi) is 11.7. The van der Waals surface area contributed by atoms with E-state index in [2.05, 4.69) is 5.32 Å². The molecule has 0 radical (unpaired) electrons. The van der Waals surface area contributed by atoms with Crippen LogP contribution in [-0.4, -0.2) is 50.0 Å². The van der Waals surface area contributed by atoms with Gasteiger partial charge in [0.05, 0.1) is 11.9 Å². The Bertz CT molecular complexity index is 1440. The molecule has 8 heteroatoms. The quantitative estimate of drug-likeness (QED) is 0.260. The van der Waals surface area contributed by atoms with Crippen molar-refractivity contribution in [1.29, 1.82) is 0 Å². The Morgan fingerprint density at radius 2 is 1.52 bits per heavy atom. The molecule has 0 saturated carbocycles. The van der Waals surface area contributed by atoms with E-state index in [1.54, 1.807) is 4.90 Å². The highest BCUT2D eigenvalue weighted by Gasteiger charge is 2.31. The number of amides is 2. The van der Waals surface area contributed by atoms with Gasteiger partial charge in [-0.3, -0.25) is 13.9 Å². The normalized spacial score (nSPS) is 12.8. The zero-order valence-electron chi connectivity index (χ0n) is 25.8. The summed E-state index contributed by atoms with van der Waals surface area (Å²) in [6.45, 7) is 10.2. The van der Waals surface area contributed by atoms with Crippen LogP contribution in [0.25, 0.3) is 0 Å². The molecule has 0 unspecified atom stereocenters. The lowest BCUT2D eigenvalue weighted by Crippen LogP contribution is -2.52. The average Bonchev–Trinajstić information content (AvgIpc) is 2.95. The van der Waals surface area contributed by atoms with E-state index in [1.165, 1.54) is 10.6 Å². The average molecular weight is 592 g/mol. The standard InChI is InChI=1S/C34H45N3O4S/c1-7-28(5)35-34(39)32(23-29-12-9-8-10-13-29)36(24-30-19-16-25(2)17-20-30)33(38)14-11-21-37(42(6,40)41)31-22-26(3)15-18-27(31)4/h8-10,12-13,15-20,22,28,32H,7,11,14,21,23-24H2,1-6H3,(H,35,39)/t28-,32-/m0/s1. The van der Waals surface area contributed by atoms with Gasteiger partial charge in [0.1, 0.15) is 6.04 Å². The molecule has 3 rings (SSSR count). The molecular weight excluding hydrogens is 546 g/mol. The number of hydrogen-bond donors (Lipinski definition) is 1. The van der Waals surface area contributed by atoms with Crippen molar-refractivity contribution in [3.63, 3.8) is 0 Å². The third-order valence-electron chi connectivity index (χ3n) is 7.53. The fraction of sp³-hybridized carbons (Fsp3) is 0.412. The summed E-state index contributed by atoms with van der Waals surface area (Å²) in [6.07, 6.45) is 2.75. The summed E-state index contributed by atoms with van der Waals surface area (Å²) in [4.78, 5) is 29.3. The van der Waals surface area contributed by atoms with Gasteiger partial charge < -0.3 is 10.2 Å². The zero-order valence-corrected chi connectivity index (χ0v) is 26.6. The number of nitrogens with one attached hydrogen (secondary N) is 1. The van der Waals surface area contributed by atoms with Crippen molar-refractivity contribution < 1.29 is 18.0 Å². The molecule has 226 valence electrons. The van der Waals surface area contributed by atoms with Gasteiger partial charge in [-0.15, -0.1) is 0 Å². The highest BCUT2D eigenvalue weighted by molar-refractivity contribution is 7.92. The van der Waals surface area contributed by atoms with E-state index < -0.39 is 16.1 Å². The SMILES string of the molecule is CC[C@H](C)NC(=O)[C@H](Cc1ccccc1)N(Cc1ccc(C)cc1)C(=O)CCCN(c1cc(C)ccc1C)S(C)(=O)=O. The minimum Gasteiger partial charge on any atom is -0.352 e. The van der Waals surface area contributed by atoms with Crippen molar-refractivity contribution in [2.45, 2.75) is 78.9 Å². The molecule has 0 aliphatic carbocycles. The second-order valence-electron chi connectivity index (χ2n) is 11.3. The molecule has 42 heavy (non-hydrogen) atoms. The third-order valence-corrected chi connectivity index (χ3v) is 8.71. The number of rotatable bonds is 14. The number of carbonyl (C=O) groups is 2. The van der Waals surface area contributed by atoms with Crippen molar-refractivity contribution in [3.05, 3.63) is 101 Å². The molecule has 3 aromatic carbocycles. The van der Waals surface area contributed by atoms with Crippen LogP contribution in [-0.2, 0) is 32.6 Å². The second kappa shape index (κ2) is 15.0. The molecule has 1 N–H and O–H groups in total. The van der Waals surface area contributed by atoms with Crippen LogP contribution < -0.4 is 9.62 Å².